The minimum absolute atomic E-state index is 0.201. The van der Waals surface area contributed by atoms with E-state index in [2.05, 4.69) is 0 Å². The zero-order chi connectivity index (χ0) is 29.1. The normalized spacial score (nSPS) is 21.4. The maximum absolute atomic E-state index is 14.4. The number of methoxy groups -OCH3 is 1. The molecule has 8 heteroatoms. The highest BCUT2D eigenvalue weighted by Crippen LogP contribution is 2.61. The fourth-order valence-electron chi connectivity index (χ4n) is 6.88. The Balaban J connectivity index is 1.31. The van der Waals surface area contributed by atoms with Gasteiger partial charge in [-0.1, -0.05) is 60.1 Å². The van der Waals surface area contributed by atoms with Crippen molar-refractivity contribution >= 4 is 35.1 Å². The molecule has 0 N–H and O–H groups in total. The summed E-state index contributed by atoms with van der Waals surface area (Å²) in [4.78, 5) is 56.2. The number of halogens is 1. The Bertz CT molecular complexity index is 1650. The van der Waals surface area contributed by atoms with Crippen LogP contribution in [-0.4, -0.2) is 47.2 Å². The maximum atomic E-state index is 14.4. The Kier molecular flexibility index (Phi) is 6.21. The van der Waals surface area contributed by atoms with E-state index in [1.807, 2.05) is 48.5 Å². The molecule has 208 valence electrons. The number of benzene rings is 4. The third-order valence-electron chi connectivity index (χ3n) is 8.70. The van der Waals surface area contributed by atoms with Gasteiger partial charge in [-0.15, -0.1) is 0 Å². The Hall–Kier alpha value is -4.75. The van der Waals surface area contributed by atoms with E-state index in [9.17, 15) is 19.2 Å². The predicted octanol–water partition coefficient (Wildman–Crippen LogP) is 5.48. The lowest BCUT2D eigenvalue weighted by Gasteiger charge is -2.45. The lowest BCUT2D eigenvalue weighted by atomic mass is 9.55. The molecular formula is C34H25ClN2O5. The van der Waals surface area contributed by atoms with Gasteiger partial charge in [-0.25, -0.2) is 5.01 Å². The summed E-state index contributed by atoms with van der Waals surface area (Å²) in [6.45, 7) is -0.500. The van der Waals surface area contributed by atoms with Gasteiger partial charge in [0.1, 0.15) is 12.3 Å². The van der Waals surface area contributed by atoms with Crippen LogP contribution in [0.15, 0.2) is 97.1 Å². The van der Waals surface area contributed by atoms with Crippen LogP contribution in [0.4, 0.5) is 0 Å². The average molecular weight is 577 g/mol. The summed E-state index contributed by atoms with van der Waals surface area (Å²) in [6, 6.07) is 28.5. The summed E-state index contributed by atoms with van der Waals surface area (Å²) >= 11 is 6.06. The number of carbonyl (C=O) groups excluding carboxylic acids is 4. The zero-order valence-corrected chi connectivity index (χ0v) is 23.3. The number of rotatable bonds is 6. The molecular weight excluding hydrogens is 552 g/mol. The second-order valence-electron chi connectivity index (χ2n) is 10.8. The van der Waals surface area contributed by atoms with Gasteiger partial charge >= 0.3 is 0 Å². The van der Waals surface area contributed by atoms with Crippen molar-refractivity contribution in [3.8, 4) is 5.75 Å². The highest BCUT2D eigenvalue weighted by atomic mass is 35.5. The molecule has 4 aromatic rings. The van der Waals surface area contributed by atoms with Crippen LogP contribution in [0.1, 0.15) is 54.8 Å². The van der Waals surface area contributed by atoms with Crippen LogP contribution in [0, 0.1) is 11.8 Å². The first-order chi connectivity index (χ1) is 20.4. The van der Waals surface area contributed by atoms with Crippen molar-refractivity contribution in [1.82, 2.24) is 10.0 Å². The molecule has 2 atom stereocenters. The van der Waals surface area contributed by atoms with Gasteiger partial charge in [0, 0.05) is 28.0 Å². The van der Waals surface area contributed by atoms with E-state index in [-0.39, 0.29) is 17.4 Å². The summed E-state index contributed by atoms with van der Waals surface area (Å²) in [7, 11) is 1.52. The number of Topliss-reactive ketones (excluding diaryl/α,β-unsaturated/α-hetero) is 1. The number of hydrogen-bond donors (Lipinski definition) is 0. The molecule has 4 aliphatic rings. The van der Waals surface area contributed by atoms with Crippen molar-refractivity contribution < 1.29 is 23.9 Å². The van der Waals surface area contributed by atoms with Crippen molar-refractivity contribution in [3.05, 3.63) is 135 Å². The van der Waals surface area contributed by atoms with E-state index >= 15 is 0 Å². The van der Waals surface area contributed by atoms with Crippen molar-refractivity contribution in [2.75, 3.05) is 13.7 Å². The molecule has 42 heavy (non-hydrogen) atoms. The van der Waals surface area contributed by atoms with Crippen molar-refractivity contribution in [2.24, 2.45) is 11.8 Å². The Labute approximate surface area is 247 Å². The van der Waals surface area contributed by atoms with Gasteiger partial charge in [0.05, 0.1) is 18.9 Å². The second kappa shape index (κ2) is 9.96. The first kappa shape index (κ1) is 26.2. The number of ether oxygens (including phenoxy) is 1. The number of hydrazine groups is 1. The summed E-state index contributed by atoms with van der Waals surface area (Å²) in [6.07, 6.45) is 0. The topological polar surface area (TPSA) is 84.0 Å². The minimum atomic E-state index is -0.691. The lowest BCUT2D eigenvalue weighted by molar-refractivity contribution is -0.154. The van der Waals surface area contributed by atoms with E-state index < -0.39 is 41.9 Å². The molecule has 3 amide bonds. The number of hydrogen-bond acceptors (Lipinski definition) is 5. The Morgan fingerprint density at radius 1 is 0.714 bits per heavy atom. The third kappa shape index (κ3) is 3.88. The standard InChI is InChI=1S/C34H25ClN2O5/c1-42-22-16-12-19(13-17-22)27(38)18-36(32(39)20-10-14-21(35)15-11-20)37-33(40)30-28-23-6-2-3-7-24(23)29(31(30)34(37)41)26-9-5-4-8-25(26)28/h2-17,28-31H,18H2,1H3/t28?,29?,30-,31+. The van der Waals surface area contributed by atoms with Gasteiger partial charge in [0.25, 0.3) is 17.7 Å². The molecule has 1 heterocycles. The summed E-state index contributed by atoms with van der Waals surface area (Å²) in [5.41, 5.74) is 4.62. The smallest absolute Gasteiger partial charge is 0.273 e. The molecule has 4 aromatic carbocycles. The fraction of sp³-hybridized carbons (Fsp3) is 0.176. The number of imide groups is 1. The van der Waals surface area contributed by atoms with Crippen molar-refractivity contribution in [3.63, 3.8) is 0 Å². The molecule has 0 saturated carbocycles. The van der Waals surface area contributed by atoms with E-state index in [0.29, 0.717) is 16.3 Å². The Morgan fingerprint density at radius 2 is 1.17 bits per heavy atom. The van der Waals surface area contributed by atoms with Gasteiger partial charge in [0.15, 0.2) is 5.78 Å². The van der Waals surface area contributed by atoms with Crippen LogP contribution >= 0.6 is 11.6 Å². The van der Waals surface area contributed by atoms with Gasteiger partial charge in [0.2, 0.25) is 0 Å². The fourth-order valence-corrected chi connectivity index (χ4v) is 7.00. The summed E-state index contributed by atoms with van der Waals surface area (Å²) < 4.78 is 5.19. The maximum Gasteiger partial charge on any atom is 0.273 e. The summed E-state index contributed by atoms with van der Waals surface area (Å²) in [5.74, 6) is -3.50. The highest BCUT2D eigenvalue weighted by Gasteiger charge is 2.63. The van der Waals surface area contributed by atoms with Gasteiger partial charge < -0.3 is 4.74 Å². The largest absolute Gasteiger partial charge is 0.497 e. The van der Waals surface area contributed by atoms with Gasteiger partial charge in [-0.05, 0) is 70.8 Å². The number of carbonyl (C=O) groups is 4. The predicted molar refractivity (Wildman–Crippen MR) is 155 cm³/mol. The second-order valence-corrected chi connectivity index (χ2v) is 11.2. The third-order valence-corrected chi connectivity index (χ3v) is 8.95. The molecule has 1 fully saturated rings. The van der Waals surface area contributed by atoms with Gasteiger partial charge in [-0.2, -0.15) is 5.01 Å². The van der Waals surface area contributed by atoms with E-state index in [4.69, 9.17) is 16.3 Å². The van der Waals surface area contributed by atoms with Crippen LogP contribution < -0.4 is 4.74 Å². The molecule has 0 aromatic heterocycles. The molecule has 1 saturated heterocycles. The van der Waals surface area contributed by atoms with Crippen molar-refractivity contribution in [2.45, 2.75) is 11.8 Å². The van der Waals surface area contributed by atoms with Crippen LogP contribution in [0.2, 0.25) is 5.02 Å². The summed E-state index contributed by atoms with van der Waals surface area (Å²) in [5, 5.41) is 2.37. The lowest BCUT2D eigenvalue weighted by Crippen LogP contribution is -2.52. The number of amides is 3. The molecule has 0 spiro atoms. The highest BCUT2D eigenvalue weighted by molar-refractivity contribution is 6.30. The molecule has 3 aliphatic carbocycles. The average Bonchev–Trinajstić information content (AvgIpc) is 3.29. The first-order valence-corrected chi connectivity index (χ1v) is 14.1. The molecule has 0 unspecified atom stereocenters. The van der Waals surface area contributed by atoms with Gasteiger partial charge in [-0.3, -0.25) is 19.2 Å². The molecule has 8 rings (SSSR count). The van der Waals surface area contributed by atoms with E-state index in [1.54, 1.807) is 36.4 Å². The van der Waals surface area contributed by atoms with Crippen LogP contribution in [0.5, 0.6) is 5.75 Å². The van der Waals surface area contributed by atoms with E-state index in [1.165, 1.54) is 19.2 Å². The van der Waals surface area contributed by atoms with Crippen LogP contribution in [0.3, 0.4) is 0 Å². The van der Waals surface area contributed by atoms with E-state index in [0.717, 1.165) is 32.3 Å². The zero-order valence-electron chi connectivity index (χ0n) is 22.6. The monoisotopic (exact) mass is 576 g/mol. The quantitative estimate of drug-likeness (QED) is 0.224. The SMILES string of the molecule is COc1ccc(C(=O)CN(C(=O)c2ccc(Cl)cc2)N2C(=O)[C@@H]3C4c5ccccc5C(c5ccccc54)[C@@H]3C2=O)cc1. The minimum Gasteiger partial charge on any atom is -0.497 e. The first-order valence-electron chi connectivity index (χ1n) is 13.7. The van der Waals surface area contributed by atoms with Crippen LogP contribution in [0.25, 0.3) is 0 Å². The number of nitrogens with zero attached hydrogens (tertiary/aromatic N) is 2. The Morgan fingerprint density at radius 3 is 1.62 bits per heavy atom. The number of ketones is 1. The molecule has 0 radical (unpaired) electrons. The van der Waals surface area contributed by atoms with Crippen molar-refractivity contribution in [1.29, 1.82) is 0 Å². The molecule has 7 nitrogen and oxygen atoms in total. The van der Waals surface area contributed by atoms with Crippen LogP contribution in [-0.2, 0) is 9.59 Å². The molecule has 2 bridgehead atoms. The molecule has 1 aliphatic heterocycles.